The lowest BCUT2D eigenvalue weighted by Crippen LogP contribution is -1.96. The van der Waals surface area contributed by atoms with Crippen molar-refractivity contribution in [3.8, 4) is 6.07 Å². The fourth-order valence-electron chi connectivity index (χ4n) is 1.29. The van der Waals surface area contributed by atoms with Crippen LogP contribution in [0.5, 0.6) is 0 Å². The molecule has 2 heterocycles. The molecule has 7 heteroatoms. The Morgan fingerprint density at radius 1 is 1.28 bits per heavy atom. The average molecular weight is 258 g/mol. The minimum atomic E-state index is -0.588. The highest BCUT2D eigenvalue weighted by atomic mass is 32.2. The van der Waals surface area contributed by atoms with Crippen LogP contribution >= 0.6 is 11.8 Å². The molecule has 0 spiro atoms. The number of nitro groups is 1. The van der Waals surface area contributed by atoms with Crippen LogP contribution in [0.4, 0.5) is 5.69 Å². The molecule has 18 heavy (non-hydrogen) atoms. The van der Waals surface area contributed by atoms with Gasteiger partial charge in [0.1, 0.15) is 11.6 Å². The number of hydrogen-bond donors (Lipinski definition) is 0. The van der Waals surface area contributed by atoms with Crippen molar-refractivity contribution in [2.75, 3.05) is 0 Å². The lowest BCUT2D eigenvalue weighted by Gasteiger charge is -2.02. The first kappa shape index (κ1) is 12.0. The van der Waals surface area contributed by atoms with E-state index in [9.17, 15) is 10.1 Å². The largest absolute Gasteiger partial charge is 0.319 e. The predicted molar refractivity (Wildman–Crippen MR) is 64.0 cm³/mol. The first-order valence-electron chi connectivity index (χ1n) is 4.83. The van der Waals surface area contributed by atoms with Gasteiger partial charge in [-0.15, -0.1) is 0 Å². The van der Waals surface area contributed by atoms with Crippen LogP contribution < -0.4 is 0 Å². The van der Waals surface area contributed by atoms with Gasteiger partial charge in [0.2, 0.25) is 0 Å². The second-order valence-corrected chi connectivity index (χ2v) is 4.23. The van der Waals surface area contributed by atoms with Crippen molar-refractivity contribution < 1.29 is 4.92 Å². The SMILES string of the molecule is N#Cc1ccnc(Sc2ccncc2)c1[N+](=O)[O-]. The first-order chi connectivity index (χ1) is 8.72. The van der Waals surface area contributed by atoms with Crippen molar-refractivity contribution in [1.82, 2.24) is 9.97 Å². The second kappa shape index (κ2) is 5.25. The smallest absolute Gasteiger partial charge is 0.265 e. The molecule has 0 atom stereocenters. The third kappa shape index (κ3) is 2.44. The number of hydrogen-bond acceptors (Lipinski definition) is 6. The molecule has 0 unspecified atom stereocenters. The Bertz CT molecular complexity index is 625. The molecule has 0 aliphatic rings. The molecular weight excluding hydrogens is 252 g/mol. The topological polar surface area (TPSA) is 92.7 Å². The summed E-state index contributed by atoms with van der Waals surface area (Å²) >= 11 is 1.13. The molecule has 0 aliphatic carbocycles. The summed E-state index contributed by atoms with van der Waals surface area (Å²) in [5.41, 5.74) is -0.256. The Labute approximate surface area is 106 Å². The zero-order valence-electron chi connectivity index (χ0n) is 8.98. The maximum atomic E-state index is 11.0. The number of rotatable bonds is 3. The third-order valence-electron chi connectivity index (χ3n) is 2.06. The van der Waals surface area contributed by atoms with E-state index in [1.54, 1.807) is 30.6 Å². The fraction of sp³-hybridized carbons (Fsp3) is 0. The summed E-state index contributed by atoms with van der Waals surface area (Å²) < 4.78 is 0. The molecule has 0 saturated carbocycles. The van der Waals surface area contributed by atoms with Crippen molar-refractivity contribution in [2.24, 2.45) is 0 Å². The van der Waals surface area contributed by atoms with Gasteiger partial charge in [0, 0.05) is 23.5 Å². The van der Waals surface area contributed by atoms with Gasteiger partial charge in [0.15, 0.2) is 5.03 Å². The molecule has 0 N–H and O–H groups in total. The summed E-state index contributed by atoms with van der Waals surface area (Å²) in [4.78, 5) is 19.0. The summed E-state index contributed by atoms with van der Waals surface area (Å²) in [5, 5.41) is 20.0. The van der Waals surface area contributed by atoms with Crippen LogP contribution in [-0.4, -0.2) is 14.9 Å². The Balaban J connectivity index is 2.46. The number of pyridine rings is 2. The highest BCUT2D eigenvalue weighted by molar-refractivity contribution is 7.99. The summed E-state index contributed by atoms with van der Waals surface area (Å²) in [7, 11) is 0. The highest BCUT2D eigenvalue weighted by Gasteiger charge is 2.21. The van der Waals surface area contributed by atoms with E-state index >= 15 is 0 Å². The van der Waals surface area contributed by atoms with Gasteiger partial charge in [0.25, 0.3) is 0 Å². The van der Waals surface area contributed by atoms with E-state index in [2.05, 4.69) is 9.97 Å². The molecule has 6 nitrogen and oxygen atoms in total. The van der Waals surface area contributed by atoms with E-state index in [1.165, 1.54) is 12.3 Å². The van der Waals surface area contributed by atoms with E-state index in [0.29, 0.717) is 0 Å². The van der Waals surface area contributed by atoms with E-state index in [4.69, 9.17) is 5.26 Å². The predicted octanol–water partition coefficient (Wildman–Crippen LogP) is 2.41. The molecule has 0 radical (unpaired) electrons. The van der Waals surface area contributed by atoms with E-state index < -0.39 is 4.92 Å². The second-order valence-electron chi connectivity index (χ2n) is 3.17. The van der Waals surface area contributed by atoms with Crippen LogP contribution in [0.1, 0.15) is 5.56 Å². The van der Waals surface area contributed by atoms with Gasteiger partial charge in [-0.25, -0.2) is 4.98 Å². The molecule has 2 aromatic rings. The molecule has 2 aromatic heterocycles. The average Bonchev–Trinajstić information content (AvgIpc) is 2.39. The Kier molecular flexibility index (Phi) is 3.50. The number of nitrogens with zero attached hydrogens (tertiary/aromatic N) is 4. The van der Waals surface area contributed by atoms with Crippen LogP contribution in [-0.2, 0) is 0 Å². The van der Waals surface area contributed by atoms with Gasteiger partial charge in [-0.1, -0.05) is 11.8 Å². The standard InChI is InChI=1S/C11H6N4O2S/c12-7-8-1-6-14-11(10(8)15(16)17)18-9-2-4-13-5-3-9/h1-6H. The minimum Gasteiger partial charge on any atom is -0.265 e. The van der Waals surface area contributed by atoms with Gasteiger partial charge in [-0.3, -0.25) is 15.1 Å². The number of aromatic nitrogens is 2. The maximum Gasteiger partial charge on any atom is 0.319 e. The van der Waals surface area contributed by atoms with Crippen LogP contribution in [0.25, 0.3) is 0 Å². The van der Waals surface area contributed by atoms with E-state index in [1.807, 2.05) is 0 Å². The van der Waals surface area contributed by atoms with Gasteiger partial charge in [-0.05, 0) is 18.2 Å². The summed E-state index contributed by atoms with van der Waals surface area (Å²) in [6.45, 7) is 0. The molecule has 0 aromatic carbocycles. The molecule has 0 bridgehead atoms. The molecule has 0 amide bonds. The summed E-state index contributed by atoms with van der Waals surface area (Å²) in [6.07, 6.45) is 4.56. The fourth-order valence-corrected chi connectivity index (χ4v) is 2.17. The van der Waals surface area contributed by atoms with Crippen LogP contribution in [0.2, 0.25) is 0 Å². The highest BCUT2D eigenvalue weighted by Crippen LogP contribution is 2.34. The molecule has 0 fully saturated rings. The van der Waals surface area contributed by atoms with Crippen molar-refractivity contribution in [3.05, 3.63) is 52.5 Å². The maximum absolute atomic E-state index is 11.0. The van der Waals surface area contributed by atoms with E-state index in [0.717, 1.165) is 16.7 Å². The lowest BCUT2D eigenvalue weighted by atomic mass is 10.2. The van der Waals surface area contributed by atoms with Gasteiger partial charge >= 0.3 is 5.69 Å². The molecule has 0 saturated heterocycles. The van der Waals surface area contributed by atoms with Crippen molar-refractivity contribution in [3.63, 3.8) is 0 Å². The van der Waals surface area contributed by atoms with Gasteiger partial charge in [-0.2, -0.15) is 5.26 Å². The molecule has 88 valence electrons. The van der Waals surface area contributed by atoms with Crippen LogP contribution in [0.15, 0.2) is 46.7 Å². The third-order valence-corrected chi connectivity index (χ3v) is 3.06. The van der Waals surface area contributed by atoms with Gasteiger partial charge < -0.3 is 0 Å². The first-order valence-corrected chi connectivity index (χ1v) is 5.65. The van der Waals surface area contributed by atoms with Crippen molar-refractivity contribution >= 4 is 17.4 Å². The Morgan fingerprint density at radius 3 is 2.61 bits per heavy atom. The van der Waals surface area contributed by atoms with E-state index in [-0.39, 0.29) is 16.3 Å². The Morgan fingerprint density at radius 2 is 2.00 bits per heavy atom. The zero-order valence-corrected chi connectivity index (χ0v) is 9.79. The van der Waals surface area contributed by atoms with Crippen molar-refractivity contribution in [2.45, 2.75) is 9.92 Å². The molecular formula is C11H6N4O2S. The number of nitriles is 1. The summed E-state index contributed by atoms with van der Waals surface area (Å²) in [5.74, 6) is 0. The monoisotopic (exact) mass is 258 g/mol. The van der Waals surface area contributed by atoms with Crippen LogP contribution in [0, 0.1) is 21.4 Å². The minimum absolute atomic E-state index is 0.00607. The van der Waals surface area contributed by atoms with Crippen molar-refractivity contribution in [1.29, 1.82) is 5.26 Å². The van der Waals surface area contributed by atoms with Crippen LogP contribution in [0.3, 0.4) is 0 Å². The molecule has 0 aliphatic heterocycles. The lowest BCUT2D eigenvalue weighted by molar-refractivity contribution is -0.388. The normalized spacial score (nSPS) is 9.72. The summed E-state index contributed by atoms with van der Waals surface area (Å²) in [6, 6.07) is 6.56. The quantitative estimate of drug-likeness (QED) is 0.620. The molecule has 2 rings (SSSR count). The van der Waals surface area contributed by atoms with Gasteiger partial charge in [0.05, 0.1) is 4.92 Å². The zero-order chi connectivity index (χ0) is 13.0. The Hall–Kier alpha value is -2.46.